The van der Waals surface area contributed by atoms with E-state index >= 15 is 0 Å². The zero-order valence-corrected chi connectivity index (χ0v) is 19.2. The number of fused-ring (bicyclic) bond motifs is 2. The molecule has 9 nitrogen and oxygen atoms in total. The first-order valence-electron chi connectivity index (χ1n) is 11.4. The van der Waals surface area contributed by atoms with Crippen LogP contribution in [0.5, 0.6) is 5.75 Å². The van der Waals surface area contributed by atoms with Gasteiger partial charge < -0.3 is 23.9 Å². The van der Waals surface area contributed by atoms with Crippen LogP contribution in [-0.4, -0.2) is 62.9 Å². The van der Waals surface area contributed by atoms with E-state index in [0.29, 0.717) is 22.7 Å². The van der Waals surface area contributed by atoms with E-state index in [2.05, 4.69) is 43.0 Å². The van der Waals surface area contributed by atoms with Gasteiger partial charge in [0.25, 0.3) is 0 Å². The third kappa shape index (κ3) is 3.84. The SMILES string of the molecule is COc1ccc(-c2ncnc3cc(N4CCOCC4)ccc23)cc1C(O)c1nccn2ccnc12. The van der Waals surface area contributed by atoms with Crippen molar-refractivity contribution in [3.05, 3.63) is 78.8 Å². The average molecular weight is 469 g/mol. The molecule has 6 rings (SSSR count). The Morgan fingerprint density at radius 3 is 2.63 bits per heavy atom. The van der Waals surface area contributed by atoms with Gasteiger partial charge in [-0.05, 0) is 36.4 Å². The summed E-state index contributed by atoms with van der Waals surface area (Å²) in [7, 11) is 1.59. The number of hydrogen-bond acceptors (Lipinski definition) is 8. The Balaban J connectivity index is 1.43. The summed E-state index contributed by atoms with van der Waals surface area (Å²) in [6.45, 7) is 3.18. The lowest BCUT2D eigenvalue weighted by molar-refractivity contribution is 0.122. The molecular formula is C26H24N6O3. The minimum atomic E-state index is -1.03. The van der Waals surface area contributed by atoms with Crippen molar-refractivity contribution in [1.82, 2.24) is 24.3 Å². The average Bonchev–Trinajstić information content (AvgIpc) is 3.41. The molecule has 1 N–H and O–H groups in total. The summed E-state index contributed by atoms with van der Waals surface area (Å²) in [5.41, 5.74) is 5.25. The molecular weight excluding hydrogens is 444 g/mol. The van der Waals surface area contributed by atoms with Crippen LogP contribution in [0.1, 0.15) is 17.4 Å². The van der Waals surface area contributed by atoms with Gasteiger partial charge in [0.1, 0.15) is 23.9 Å². The molecule has 0 saturated carbocycles. The molecule has 0 aliphatic carbocycles. The number of nitrogens with zero attached hydrogens (tertiary/aromatic N) is 6. The molecule has 5 aromatic rings. The maximum atomic E-state index is 11.3. The molecule has 9 heteroatoms. The maximum Gasteiger partial charge on any atom is 0.161 e. The van der Waals surface area contributed by atoms with Crippen molar-refractivity contribution in [1.29, 1.82) is 0 Å². The molecule has 1 aliphatic rings. The number of methoxy groups -OCH3 is 1. The second-order valence-electron chi connectivity index (χ2n) is 8.35. The summed E-state index contributed by atoms with van der Waals surface area (Å²) in [5, 5.41) is 12.3. The number of rotatable bonds is 5. The predicted molar refractivity (Wildman–Crippen MR) is 132 cm³/mol. The third-order valence-corrected chi connectivity index (χ3v) is 6.39. The first kappa shape index (κ1) is 21.5. The highest BCUT2D eigenvalue weighted by Crippen LogP contribution is 2.36. The van der Waals surface area contributed by atoms with Crippen LogP contribution < -0.4 is 9.64 Å². The number of aliphatic hydroxyl groups excluding tert-OH is 1. The summed E-state index contributed by atoms with van der Waals surface area (Å²) in [4.78, 5) is 20.2. The fraction of sp³-hybridized carbons (Fsp3) is 0.231. The number of hydrogen-bond donors (Lipinski definition) is 1. The van der Waals surface area contributed by atoms with Gasteiger partial charge >= 0.3 is 0 Å². The van der Waals surface area contributed by atoms with E-state index in [1.54, 1.807) is 32.0 Å². The molecule has 1 atom stereocenters. The summed E-state index contributed by atoms with van der Waals surface area (Å²) in [5.74, 6) is 0.560. The van der Waals surface area contributed by atoms with Crippen LogP contribution in [0, 0.1) is 0 Å². The van der Waals surface area contributed by atoms with Crippen LogP contribution in [-0.2, 0) is 4.74 Å². The number of anilines is 1. The lowest BCUT2D eigenvalue weighted by atomic mass is 9.98. The topological polar surface area (TPSA) is 97.9 Å². The van der Waals surface area contributed by atoms with Crippen LogP contribution in [0.15, 0.2) is 67.5 Å². The van der Waals surface area contributed by atoms with Gasteiger partial charge in [-0.15, -0.1) is 0 Å². The van der Waals surface area contributed by atoms with Crippen LogP contribution in [0.2, 0.25) is 0 Å². The summed E-state index contributed by atoms with van der Waals surface area (Å²) >= 11 is 0. The van der Waals surface area contributed by atoms with Gasteiger partial charge in [-0.1, -0.05) is 0 Å². The number of benzene rings is 2. The molecule has 1 unspecified atom stereocenters. The van der Waals surface area contributed by atoms with Crippen LogP contribution in [0.25, 0.3) is 27.8 Å². The lowest BCUT2D eigenvalue weighted by Crippen LogP contribution is -2.36. The first-order chi connectivity index (χ1) is 17.2. The largest absolute Gasteiger partial charge is 0.496 e. The molecule has 35 heavy (non-hydrogen) atoms. The molecule has 0 spiro atoms. The molecule has 0 radical (unpaired) electrons. The van der Waals surface area contributed by atoms with Crippen molar-refractivity contribution in [2.24, 2.45) is 0 Å². The van der Waals surface area contributed by atoms with Gasteiger partial charge in [-0.25, -0.2) is 15.0 Å². The van der Waals surface area contributed by atoms with Gasteiger partial charge in [0.05, 0.1) is 31.5 Å². The van der Waals surface area contributed by atoms with Gasteiger partial charge in [-0.2, -0.15) is 0 Å². The lowest BCUT2D eigenvalue weighted by Gasteiger charge is -2.29. The van der Waals surface area contributed by atoms with E-state index in [4.69, 9.17) is 9.47 Å². The van der Waals surface area contributed by atoms with Crippen LogP contribution in [0.4, 0.5) is 5.69 Å². The molecule has 4 heterocycles. The minimum Gasteiger partial charge on any atom is -0.496 e. The zero-order chi connectivity index (χ0) is 23.8. The Hall–Kier alpha value is -4.08. The van der Waals surface area contributed by atoms with E-state index in [0.717, 1.165) is 54.2 Å². The summed E-state index contributed by atoms with van der Waals surface area (Å²) in [6, 6.07) is 11.9. The fourth-order valence-corrected chi connectivity index (χ4v) is 4.60. The molecule has 176 valence electrons. The molecule has 2 aromatic carbocycles. The second-order valence-corrected chi connectivity index (χ2v) is 8.35. The molecule has 0 amide bonds. The number of aromatic nitrogens is 5. The van der Waals surface area contributed by atoms with E-state index in [1.165, 1.54) is 0 Å². The Morgan fingerprint density at radius 1 is 0.971 bits per heavy atom. The Kier molecular flexibility index (Phi) is 5.48. The Morgan fingerprint density at radius 2 is 1.80 bits per heavy atom. The molecule has 0 bridgehead atoms. The molecule has 1 fully saturated rings. The number of ether oxygens (including phenoxy) is 2. The minimum absolute atomic E-state index is 0.454. The van der Waals surface area contributed by atoms with Crippen LogP contribution in [0.3, 0.4) is 0 Å². The third-order valence-electron chi connectivity index (χ3n) is 6.39. The van der Waals surface area contributed by atoms with Crippen molar-refractivity contribution in [3.63, 3.8) is 0 Å². The Labute approximate surface area is 201 Å². The standard InChI is InChI=1S/C26H24N6O3/c1-34-22-5-2-17(14-20(22)25(33)24-26-28-7-9-32(26)8-6-27-24)23-19-4-3-18(15-21(19)29-16-30-23)31-10-12-35-13-11-31/h2-9,14-16,25,33H,10-13H2,1H3. The Bertz CT molecular complexity index is 1510. The number of morpholine rings is 1. The highest BCUT2D eigenvalue weighted by Gasteiger charge is 2.22. The second kappa shape index (κ2) is 8.94. The summed E-state index contributed by atoms with van der Waals surface area (Å²) < 4.78 is 12.9. The highest BCUT2D eigenvalue weighted by atomic mass is 16.5. The molecule has 1 aliphatic heterocycles. The van der Waals surface area contributed by atoms with Crippen molar-refractivity contribution in [2.75, 3.05) is 38.3 Å². The monoisotopic (exact) mass is 468 g/mol. The number of imidazole rings is 1. The fourth-order valence-electron chi connectivity index (χ4n) is 4.60. The van der Waals surface area contributed by atoms with E-state index in [-0.39, 0.29) is 0 Å². The smallest absolute Gasteiger partial charge is 0.161 e. The van der Waals surface area contributed by atoms with Crippen LogP contribution >= 0.6 is 0 Å². The summed E-state index contributed by atoms with van der Waals surface area (Å²) in [6.07, 6.45) is 7.49. The van der Waals surface area contributed by atoms with E-state index in [1.807, 2.05) is 28.8 Å². The van der Waals surface area contributed by atoms with Crippen molar-refractivity contribution in [3.8, 4) is 17.0 Å². The van der Waals surface area contributed by atoms with Gasteiger partial charge in [-0.3, -0.25) is 4.98 Å². The number of aliphatic hydroxyl groups is 1. The van der Waals surface area contributed by atoms with Gasteiger partial charge in [0.2, 0.25) is 0 Å². The van der Waals surface area contributed by atoms with Crippen molar-refractivity contribution < 1.29 is 14.6 Å². The quantitative estimate of drug-likeness (QED) is 0.420. The first-order valence-corrected chi connectivity index (χ1v) is 11.4. The molecule has 1 saturated heterocycles. The van der Waals surface area contributed by atoms with Crippen molar-refractivity contribution >= 4 is 22.2 Å². The predicted octanol–water partition coefficient (Wildman–Crippen LogP) is 3.27. The normalized spacial score (nSPS) is 15.0. The van der Waals surface area contributed by atoms with Gasteiger partial charge in [0.15, 0.2) is 5.65 Å². The zero-order valence-electron chi connectivity index (χ0n) is 19.2. The van der Waals surface area contributed by atoms with Gasteiger partial charge in [0, 0.05) is 60.1 Å². The van der Waals surface area contributed by atoms with E-state index < -0.39 is 6.10 Å². The van der Waals surface area contributed by atoms with Crippen molar-refractivity contribution in [2.45, 2.75) is 6.10 Å². The molecule has 3 aromatic heterocycles. The van der Waals surface area contributed by atoms with E-state index in [9.17, 15) is 5.11 Å². The maximum absolute atomic E-state index is 11.3. The highest BCUT2D eigenvalue weighted by molar-refractivity contribution is 5.94.